The maximum atomic E-state index is 4.51. The molecule has 27 heavy (non-hydrogen) atoms. The Labute approximate surface area is 165 Å². The number of aromatic nitrogens is 1. The first-order valence-electron chi connectivity index (χ1n) is 11.6. The molecule has 0 aliphatic heterocycles. The Balaban J connectivity index is 1.27. The molecule has 0 spiro atoms. The van der Waals surface area contributed by atoms with E-state index in [4.69, 9.17) is 0 Å². The predicted octanol–water partition coefficient (Wildman–Crippen LogP) is 6.92. The van der Waals surface area contributed by atoms with Crippen LogP contribution in [0.25, 0.3) is 6.08 Å². The van der Waals surface area contributed by atoms with Crippen molar-refractivity contribution in [2.45, 2.75) is 64.2 Å². The molecule has 4 aliphatic rings. The summed E-state index contributed by atoms with van der Waals surface area (Å²) in [6, 6.07) is 4.14. The molecule has 0 amide bonds. The van der Waals surface area contributed by atoms with Gasteiger partial charge in [-0.25, -0.2) is 0 Å². The number of allylic oxidation sites excluding steroid dienone is 2. The van der Waals surface area contributed by atoms with Crippen LogP contribution in [0.5, 0.6) is 0 Å². The predicted molar refractivity (Wildman–Crippen MR) is 113 cm³/mol. The van der Waals surface area contributed by atoms with Gasteiger partial charge < -0.3 is 0 Å². The molecule has 0 saturated heterocycles. The number of hydrogen-bond donors (Lipinski definition) is 0. The van der Waals surface area contributed by atoms with Crippen molar-refractivity contribution in [2.75, 3.05) is 0 Å². The van der Waals surface area contributed by atoms with E-state index in [0.29, 0.717) is 0 Å². The zero-order valence-corrected chi connectivity index (χ0v) is 16.7. The Morgan fingerprint density at radius 2 is 1.59 bits per heavy atom. The lowest BCUT2D eigenvalue weighted by atomic mass is 9.53. The number of hydrogen-bond acceptors (Lipinski definition) is 1. The van der Waals surface area contributed by atoms with Gasteiger partial charge in [0.15, 0.2) is 0 Å². The Morgan fingerprint density at radius 1 is 0.852 bits per heavy atom. The van der Waals surface area contributed by atoms with Crippen molar-refractivity contribution in [3.8, 4) is 0 Å². The molecular formula is C26H35N. The summed E-state index contributed by atoms with van der Waals surface area (Å²) >= 11 is 0. The van der Waals surface area contributed by atoms with Crippen LogP contribution in [0.2, 0.25) is 0 Å². The third-order valence-electron chi connectivity index (χ3n) is 8.85. The first kappa shape index (κ1) is 17.7. The van der Waals surface area contributed by atoms with E-state index < -0.39 is 0 Å². The van der Waals surface area contributed by atoms with E-state index in [1.165, 1.54) is 56.1 Å². The van der Waals surface area contributed by atoms with Crippen LogP contribution in [0.15, 0.2) is 42.8 Å². The van der Waals surface area contributed by atoms with E-state index in [1.54, 1.807) is 19.3 Å². The lowest BCUT2D eigenvalue weighted by Gasteiger charge is -2.52. The van der Waals surface area contributed by atoms with Crippen molar-refractivity contribution in [1.82, 2.24) is 4.98 Å². The summed E-state index contributed by atoms with van der Waals surface area (Å²) < 4.78 is 0. The topological polar surface area (TPSA) is 12.9 Å². The van der Waals surface area contributed by atoms with Gasteiger partial charge in [-0.05, 0) is 98.0 Å². The molecule has 1 nitrogen and oxygen atoms in total. The minimum Gasteiger partial charge on any atom is -0.264 e. The van der Waals surface area contributed by atoms with Gasteiger partial charge in [-0.2, -0.15) is 0 Å². The fraction of sp³-hybridized carbons (Fsp3) is 0.654. The molecule has 4 aliphatic carbocycles. The highest BCUT2D eigenvalue weighted by molar-refractivity contribution is 5.51. The van der Waals surface area contributed by atoms with Crippen LogP contribution in [0.4, 0.5) is 0 Å². The standard InChI is InChI=1S/C26H35N/c1-18(8-9-19-5-4-16-27-17-19)21-12-13-26-23(21)14-15-24-22-7-3-2-6-20(22)10-11-25(24)26/h4-5,8-9,16-17,20-26H,1-3,6-7,10-15H2/b9-8+. The smallest absolute Gasteiger partial charge is 0.0340 e. The quantitative estimate of drug-likeness (QED) is 0.532. The Hall–Kier alpha value is -1.37. The van der Waals surface area contributed by atoms with Crippen LogP contribution in [0.3, 0.4) is 0 Å². The molecule has 0 aromatic carbocycles. The summed E-state index contributed by atoms with van der Waals surface area (Å²) in [5, 5.41) is 0. The van der Waals surface area contributed by atoms with Crippen LogP contribution in [-0.4, -0.2) is 4.98 Å². The van der Waals surface area contributed by atoms with Crippen LogP contribution < -0.4 is 0 Å². The van der Waals surface area contributed by atoms with E-state index in [0.717, 1.165) is 41.4 Å². The maximum Gasteiger partial charge on any atom is 0.0340 e. The fourth-order valence-corrected chi connectivity index (χ4v) is 7.75. The lowest BCUT2D eigenvalue weighted by molar-refractivity contribution is -0.0224. The van der Waals surface area contributed by atoms with E-state index in [1.807, 2.05) is 18.5 Å². The maximum absolute atomic E-state index is 4.51. The molecule has 1 heterocycles. The molecule has 1 heteroatoms. The third-order valence-corrected chi connectivity index (χ3v) is 8.85. The van der Waals surface area contributed by atoms with Gasteiger partial charge in [-0.1, -0.05) is 49.6 Å². The minimum absolute atomic E-state index is 0.730. The van der Waals surface area contributed by atoms with Crippen molar-refractivity contribution in [3.63, 3.8) is 0 Å². The molecule has 4 fully saturated rings. The second kappa shape index (κ2) is 7.57. The number of pyridine rings is 1. The Bertz CT molecular complexity index is 689. The lowest BCUT2D eigenvalue weighted by Crippen LogP contribution is -2.44. The van der Waals surface area contributed by atoms with Gasteiger partial charge in [0.05, 0.1) is 0 Å². The molecule has 4 saturated carbocycles. The average Bonchev–Trinajstić information content (AvgIpc) is 3.17. The van der Waals surface area contributed by atoms with Gasteiger partial charge in [0, 0.05) is 12.4 Å². The third kappa shape index (κ3) is 3.32. The second-order valence-electron chi connectivity index (χ2n) is 9.90. The fourth-order valence-electron chi connectivity index (χ4n) is 7.75. The van der Waals surface area contributed by atoms with Crippen molar-refractivity contribution in [3.05, 3.63) is 48.3 Å². The Morgan fingerprint density at radius 3 is 2.48 bits per heavy atom. The number of fused-ring (bicyclic) bond motifs is 5. The highest BCUT2D eigenvalue weighted by Crippen LogP contribution is 2.59. The normalized spacial score (nSPS) is 41.0. The first-order chi connectivity index (χ1) is 13.3. The summed E-state index contributed by atoms with van der Waals surface area (Å²) in [5.41, 5.74) is 2.56. The second-order valence-corrected chi connectivity index (χ2v) is 9.90. The molecule has 1 aromatic rings. The summed E-state index contributed by atoms with van der Waals surface area (Å²) in [6.07, 6.45) is 23.3. The molecule has 0 N–H and O–H groups in total. The summed E-state index contributed by atoms with van der Waals surface area (Å²) in [7, 11) is 0. The first-order valence-corrected chi connectivity index (χ1v) is 11.6. The van der Waals surface area contributed by atoms with Gasteiger partial charge in [0.2, 0.25) is 0 Å². The van der Waals surface area contributed by atoms with Crippen LogP contribution >= 0.6 is 0 Å². The van der Waals surface area contributed by atoms with Crippen molar-refractivity contribution < 1.29 is 0 Å². The van der Waals surface area contributed by atoms with E-state index in [2.05, 4.69) is 29.8 Å². The van der Waals surface area contributed by atoms with E-state index in [-0.39, 0.29) is 0 Å². The van der Waals surface area contributed by atoms with Gasteiger partial charge >= 0.3 is 0 Å². The van der Waals surface area contributed by atoms with Gasteiger partial charge in [-0.3, -0.25) is 4.98 Å². The van der Waals surface area contributed by atoms with E-state index in [9.17, 15) is 0 Å². The largest absolute Gasteiger partial charge is 0.264 e. The minimum atomic E-state index is 0.730. The average molecular weight is 362 g/mol. The van der Waals surface area contributed by atoms with Crippen LogP contribution in [0, 0.1) is 41.4 Å². The zero-order chi connectivity index (χ0) is 18.2. The highest BCUT2D eigenvalue weighted by Gasteiger charge is 2.51. The molecule has 0 bridgehead atoms. The molecule has 144 valence electrons. The number of nitrogens with zero attached hydrogens (tertiary/aromatic N) is 1. The number of rotatable bonds is 3. The van der Waals surface area contributed by atoms with Crippen LogP contribution in [0.1, 0.15) is 69.8 Å². The van der Waals surface area contributed by atoms with Crippen molar-refractivity contribution in [2.24, 2.45) is 41.4 Å². The van der Waals surface area contributed by atoms with Gasteiger partial charge in [-0.15, -0.1) is 0 Å². The summed E-state index contributed by atoms with van der Waals surface area (Å²) in [5.74, 6) is 6.94. The SMILES string of the molecule is C=C(/C=C/c1cccnc1)C1CCC2C1CCC1C3CCCCC3CCC12. The van der Waals surface area contributed by atoms with E-state index >= 15 is 0 Å². The summed E-state index contributed by atoms with van der Waals surface area (Å²) in [6.45, 7) is 4.51. The monoisotopic (exact) mass is 361 g/mol. The molecule has 7 unspecified atom stereocenters. The van der Waals surface area contributed by atoms with Crippen molar-refractivity contribution in [1.29, 1.82) is 0 Å². The van der Waals surface area contributed by atoms with Crippen molar-refractivity contribution >= 4 is 6.08 Å². The molecule has 1 aromatic heterocycles. The molecule has 7 atom stereocenters. The highest BCUT2D eigenvalue weighted by atomic mass is 14.6. The van der Waals surface area contributed by atoms with Gasteiger partial charge in [0.25, 0.3) is 0 Å². The summed E-state index contributed by atoms with van der Waals surface area (Å²) in [4.78, 5) is 4.22. The molecule has 0 radical (unpaired) electrons. The zero-order valence-electron chi connectivity index (χ0n) is 16.7. The van der Waals surface area contributed by atoms with Gasteiger partial charge in [0.1, 0.15) is 0 Å². The molecule has 5 rings (SSSR count). The van der Waals surface area contributed by atoms with Crippen LogP contribution in [-0.2, 0) is 0 Å². The Kier molecular flexibility index (Phi) is 4.96. The molecular weight excluding hydrogens is 326 g/mol.